The zero-order valence-corrected chi connectivity index (χ0v) is 10.8. The molecule has 0 aromatic carbocycles. The number of rotatable bonds is 2. The Labute approximate surface area is 101 Å². The minimum absolute atomic E-state index is 0.448. The average molecular weight is 244 g/mol. The van der Waals surface area contributed by atoms with E-state index in [0.29, 0.717) is 13.0 Å². The number of likely N-dealkylation sites (tertiary alicyclic amines) is 1. The molecule has 1 amide bonds. The van der Waals surface area contributed by atoms with Crippen LogP contribution in [0, 0.1) is 0 Å². The molecule has 0 unspecified atom stereocenters. The first-order valence-corrected chi connectivity index (χ1v) is 5.72. The SMILES string of the molecule is CNOC(=O)[C@@H]1CCCN1C(=O)OC(C)(C)C. The molecule has 1 aliphatic rings. The van der Waals surface area contributed by atoms with Gasteiger partial charge in [0.15, 0.2) is 0 Å². The lowest BCUT2D eigenvalue weighted by Crippen LogP contribution is -2.44. The van der Waals surface area contributed by atoms with Crippen LogP contribution in [0.3, 0.4) is 0 Å². The van der Waals surface area contributed by atoms with Crippen LogP contribution in [-0.2, 0) is 14.4 Å². The molecule has 1 N–H and O–H groups in total. The number of hydroxylamine groups is 1. The normalized spacial score (nSPS) is 20.2. The van der Waals surface area contributed by atoms with Crippen molar-refractivity contribution in [1.82, 2.24) is 10.4 Å². The van der Waals surface area contributed by atoms with Gasteiger partial charge in [-0.05, 0) is 33.6 Å². The van der Waals surface area contributed by atoms with E-state index in [1.54, 1.807) is 20.8 Å². The minimum Gasteiger partial charge on any atom is -0.444 e. The molecule has 17 heavy (non-hydrogen) atoms. The van der Waals surface area contributed by atoms with Crippen LogP contribution in [0.1, 0.15) is 33.6 Å². The van der Waals surface area contributed by atoms with Crippen LogP contribution in [-0.4, -0.2) is 42.2 Å². The topological polar surface area (TPSA) is 67.9 Å². The van der Waals surface area contributed by atoms with Crippen molar-refractivity contribution < 1.29 is 19.2 Å². The predicted octanol–water partition coefficient (Wildman–Crippen LogP) is 1.06. The van der Waals surface area contributed by atoms with E-state index >= 15 is 0 Å². The lowest BCUT2D eigenvalue weighted by molar-refractivity contribution is -0.155. The number of hydrogen-bond acceptors (Lipinski definition) is 5. The summed E-state index contributed by atoms with van der Waals surface area (Å²) < 4.78 is 5.24. The molecule has 6 heteroatoms. The van der Waals surface area contributed by atoms with Crippen molar-refractivity contribution in [2.45, 2.75) is 45.3 Å². The molecule has 0 aliphatic carbocycles. The first-order valence-electron chi connectivity index (χ1n) is 5.72. The molecule has 1 saturated heterocycles. The zero-order valence-electron chi connectivity index (χ0n) is 10.8. The Kier molecular flexibility index (Phi) is 4.34. The fraction of sp³-hybridized carbons (Fsp3) is 0.818. The van der Waals surface area contributed by atoms with E-state index in [1.165, 1.54) is 11.9 Å². The number of nitrogens with zero attached hydrogens (tertiary/aromatic N) is 1. The van der Waals surface area contributed by atoms with E-state index in [4.69, 9.17) is 9.57 Å². The van der Waals surface area contributed by atoms with Gasteiger partial charge in [0.1, 0.15) is 11.6 Å². The smallest absolute Gasteiger partial charge is 0.411 e. The highest BCUT2D eigenvalue weighted by atomic mass is 16.7. The third-order valence-corrected chi connectivity index (χ3v) is 2.36. The van der Waals surface area contributed by atoms with Crippen molar-refractivity contribution in [3.05, 3.63) is 0 Å². The van der Waals surface area contributed by atoms with Gasteiger partial charge < -0.3 is 9.57 Å². The van der Waals surface area contributed by atoms with Crippen molar-refractivity contribution >= 4 is 12.1 Å². The molecule has 0 radical (unpaired) electrons. The Morgan fingerprint density at radius 2 is 2.00 bits per heavy atom. The molecule has 1 atom stereocenters. The quantitative estimate of drug-likeness (QED) is 0.736. The summed E-state index contributed by atoms with van der Waals surface area (Å²) in [5, 5.41) is 0. The first-order chi connectivity index (χ1) is 7.85. The highest BCUT2D eigenvalue weighted by Gasteiger charge is 2.37. The summed E-state index contributed by atoms with van der Waals surface area (Å²) in [5.74, 6) is -0.448. The van der Waals surface area contributed by atoms with Gasteiger partial charge in [-0.25, -0.2) is 9.59 Å². The summed E-state index contributed by atoms with van der Waals surface area (Å²) in [4.78, 5) is 29.6. The van der Waals surface area contributed by atoms with Crippen LogP contribution in [0.4, 0.5) is 4.79 Å². The largest absolute Gasteiger partial charge is 0.444 e. The van der Waals surface area contributed by atoms with Gasteiger partial charge in [-0.2, -0.15) is 5.48 Å². The van der Waals surface area contributed by atoms with E-state index < -0.39 is 23.7 Å². The second-order valence-corrected chi connectivity index (χ2v) is 4.96. The van der Waals surface area contributed by atoms with Gasteiger partial charge in [-0.15, -0.1) is 0 Å². The highest BCUT2D eigenvalue weighted by molar-refractivity contribution is 5.82. The molecule has 98 valence electrons. The summed E-state index contributed by atoms with van der Waals surface area (Å²) in [6.45, 7) is 5.91. The average Bonchev–Trinajstić information content (AvgIpc) is 2.63. The molecule has 1 rings (SSSR count). The molecule has 1 fully saturated rings. The summed E-state index contributed by atoms with van der Waals surface area (Å²) in [7, 11) is 1.50. The molecule has 0 saturated carbocycles. The van der Waals surface area contributed by atoms with Crippen molar-refractivity contribution in [2.75, 3.05) is 13.6 Å². The van der Waals surface area contributed by atoms with Crippen LogP contribution < -0.4 is 5.48 Å². The van der Waals surface area contributed by atoms with E-state index in [9.17, 15) is 9.59 Å². The van der Waals surface area contributed by atoms with Gasteiger partial charge in [0.05, 0.1) is 0 Å². The number of ether oxygens (including phenoxy) is 1. The lowest BCUT2D eigenvalue weighted by Gasteiger charge is -2.27. The summed E-state index contributed by atoms with van der Waals surface area (Å²) in [5.41, 5.74) is 1.77. The lowest BCUT2D eigenvalue weighted by atomic mass is 10.2. The second-order valence-electron chi connectivity index (χ2n) is 4.96. The Morgan fingerprint density at radius 3 is 2.53 bits per heavy atom. The fourth-order valence-electron chi connectivity index (χ4n) is 1.72. The Morgan fingerprint density at radius 1 is 1.35 bits per heavy atom. The van der Waals surface area contributed by atoms with E-state index in [0.717, 1.165) is 6.42 Å². The van der Waals surface area contributed by atoms with E-state index in [1.807, 2.05) is 0 Å². The van der Waals surface area contributed by atoms with Gasteiger partial charge in [0.2, 0.25) is 0 Å². The van der Waals surface area contributed by atoms with Crippen molar-refractivity contribution in [1.29, 1.82) is 0 Å². The number of nitrogens with one attached hydrogen (secondary N) is 1. The van der Waals surface area contributed by atoms with Crippen LogP contribution in [0.15, 0.2) is 0 Å². The maximum absolute atomic E-state index is 11.9. The summed E-state index contributed by atoms with van der Waals surface area (Å²) in [6, 6.07) is -0.544. The van der Waals surface area contributed by atoms with E-state index in [-0.39, 0.29) is 0 Å². The number of amides is 1. The van der Waals surface area contributed by atoms with Gasteiger partial charge in [0.25, 0.3) is 0 Å². The maximum Gasteiger partial charge on any atom is 0.411 e. The minimum atomic E-state index is -0.558. The molecular formula is C11H20N2O4. The molecule has 1 aliphatic heterocycles. The van der Waals surface area contributed by atoms with Crippen LogP contribution in [0.5, 0.6) is 0 Å². The predicted molar refractivity (Wildman–Crippen MR) is 61.1 cm³/mol. The number of carbonyl (C=O) groups is 2. The number of hydrogen-bond donors (Lipinski definition) is 1. The van der Waals surface area contributed by atoms with Crippen LogP contribution >= 0.6 is 0 Å². The molecular weight excluding hydrogens is 224 g/mol. The zero-order chi connectivity index (χ0) is 13.1. The molecule has 0 spiro atoms. The summed E-state index contributed by atoms with van der Waals surface area (Å²) in [6.07, 6.45) is 0.927. The van der Waals surface area contributed by atoms with Crippen LogP contribution in [0.25, 0.3) is 0 Å². The monoisotopic (exact) mass is 244 g/mol. The standard InChI is InChI=1S/C11H20N2O4/c1-11(2,3)16-10(15)13-7-5-6-8(13)9(14)17-12-4/h8,12H,5-7H2,1-4H3/t8-/m0/s1. The molecule has 0 aromatic heterocycles. The maximum atomic E-state index is 11.9. The van der Waals surface area contributed by atoms with Gasteiger partial charge >= 0.3 is 12.1 Å². The van der Waals surface area contributed by atoms with Gasteiger partial charge in [-0.3, -0.25) is 4.90 Å². The van der Waals surface area contributed by atoms with Crippen molar-refractivity contribution in [3.8, 4) is 0 Å². The Balaban J connectivity index is 2.63. The molecule has 6 nitrogen and oxygen atoms in total. The second kappa shape index (κ2) is 5.35. The van der Waals surface area contributed by atoms with Crippen molar-refractivity contribution in [2.24, 2.45) is 0 Å². The Hall–Kier alpha value is -1.30. The first kappa shape index (κ1) is 13.8. The number of carbonyl (C=O) groups excluding carboxylic acids is 2. The van der Waals surface area contributed by atoms with Gasteiger partial charge in [0, 0.05) is 13.6 Å². The highest BCUT2D eigenvalue weighted by Crippen LogP contribution is 2.21. The van der Waals surface area contributed by atoms with Crippen molar-refractivity contribution in [3.63, 3.8) is 0 Å². The molecule has 0 bridgehead atoms. The third-order valence-electron chi connectivity index (χ3n) is 2.36. The Bertz CT molecular complexity index is 298. The van der Waals surface area contributed by atoms with Crippen LogP contribution in [0.2, 0.25) is 0 Å². The van der Waals surface area contributed by atoms with Gasteiger partial charge in [-0.1, -0.05) is 0 Å². The summed E-state index contributed by atoms with van der Waals surface area (Å²) >= 11 is 0. The molecule has 1 heterocycles. The van der Waals surface area contributed by atoms with E-state index in [2.05, 4.69) is 5.48 Å². The molecule has 0 aromatic rings. The fourth-order valence-corrected chi connectivity index (χ4v) is 1.72. The third kappa shape index (κ3) is 3.89.